The molecule has 1 fully saturated rings. The van der Waals surface area contributed by atoms with Crippen LogP contribution in [0.15, 0.2) is 71.0 Å². The van der Waals surface area contributed by atoms with E-state index in [4.69, 9.17) is 4.74 Å². The molecule has 0 radical (unpaired) electrons. The number of aromatic nitrogens is 4. The van der Waals surface area contributed by atoms with Crippen LogP contribution in [0, 0.1) is 0 Å². The first-order chi connectivity index (χ1) is 17.1. The number of benzene rings is 2. The lowest BCUT2D eigenvalue weighted by atomic mass is 10.1. The quantitative estimate of drug-likeness (QED) is 0.245. The van der Waals surface area contributed by atoms with Gasteiger partial charge in [0.1, 0.15) is 24.6 Å². The zero-order valence-corrected chi connectivity index (χ0v) is 19.4. The van der Waals surface area contributed by atoms with E-state index < -0.39 is 31.1 Å². The molecule has 5 rings (SSSR count). The molecule has 0 aliphatic carbocycles. The highest BCUT2D eigenvalue weighted by atomic mass is 32.2. The van der Waals surface area contributed by atoms with Gasteiger partial charge in [-0.25, -0.2) is 15.0 Å². The van der Waals surface area contributed by atoms with Gasteiger partial charge in [0, 0.05) is 16.3 Å². The molecule has 1 aliphatic heterocycles. The Kier molecular flexibility index (Phi) is 6.95. The SMILES string of the molecule is OCc1ccccc1Sc1ccccc1CNc1ncnc2c1ncn2C1O[C@H](CO)[C@@H](O)[C@H]1O. The van der Waals surface area contributed by atoms with Crippen LogP contribution in [0.1, 0.15) is 17.4 Å². The van der Waals surface area contributed by atoms with Gasteiger partial charge in [-0.1, -0.05) is 48.2 Å². The van der Waals surface area contributed by atoms with Crippen molar-refractivity contribution in [3.63, 3.8) is 0 Å². The van der Waals surface area contributed by atoms with Gasteiger partial charge < -0.3 is 30.5 Å². The molecule has 182 valence electrons. The normalized spacial score (nSPS) is 22.1. The standard InChI is InChI=1S/C24H25N5O5S/c30-10-15-6-2-4-8-18(15)35-17-7-3-1-5-14(17)9-25-22-19-23(27-12-26-22)29(13-28-19)24-21(33)20(32)16(11-31)34-24/h1-8,12-13,16,20-21,24,30-33H,9-11H2,(H,25,26,27)/t16-,20-,21-,24?/m1/s1. The van der Waals surface area contributed by atoms with Crippen molar-refractivity contribution < 1.29 is 25.2 Å². The van der Waals surface area contributed by atoms with Gasteiger partial charge in [0.15, 0.2) is 23.2 Å². The Hall–Kier alpha value is -3.06. The highest BCUT2D eigenvalue weighted by molar-refractivity contribution is 7.99. The summed E-state index contributed by atoms with van der Waals surface area (Å²) in [6, 6.07) is 15.7. The summed E-state index contributed by atoms with van der Waals surface area (Å²) < 4.78 is 7.15. The Morgan fingerprint density at radius 2 is 1.63 bits per heavy atom. The van der Waals surface area contributed by atoms with Crippen molar-refractivity contribution in [2.75, 3.05) is 11.9 Å². The minimum atomic E-state index is -1.23. The first-order valence-corrected chi connectivity index (χ1v) is 11.9. The van der Waals surface area contributed by atoms with Crippen molar-refractivity contribution in [1.82, 2.24) is 19.5 Å². The fourth-order valence-electron chi connectivity index (χ4n) is 4.06. The highest BCUT2D eigenvalue weighted by Crippen LogP contribution is 2.34. The summed E-state index contributed by atoms with van der Waals surface area (Å²) in [5.74, 6) is 0.510. The van der Waals surface area contributed by atoms with Gasteiger partial charge in [0.2, 0.25) is 0 Å². The summed E-state index contributed by atoms with van der Waals surface area (Å²) in [6.45, 7) is 0.0291. The lowest BCUT2D eigenvalue weighted by molar-refractivity contribution is -0.0511. The van der Waals surface area contributed by atoms with Crippen molar-refractivity contribution in [3.05, 3.63) is 72.3 Å². The third-order valence-corrected chi connectivity index (χ3v) is 7.17. The average molecular weight is 496 g/mol. The molecule has 2 aromatic carbocycles. The molecule has 4 aromatic rings. The third kappa shape index (κ3) is 4.61. The lowest BCUT2D eigenvalue weighted by Crippen LogP contribution is -2.33. The average Bonchev–Trinajstić information content (AvgIpc) is 3.44. The zero-order valence-electron chi connectivity index (χ0n) is 18.6. The van der Waals surface area contributed by atoms with Crippen LogP contribution in [-0.4, -0.2) is 64.9 Å². The predicted octanol–water partition coefficient (Wildman–Crippen LogP) is 1.69. The second-order valence-electron chi connectivity index (χ2n) is 8.10. The maximum absolute atomic E-state index is 10.4. The van der Waals surface area contributed by atoms with Crippen LogP contribution in [0.4, 0.5) is 5.82 Å². The van der Waals surface area contributed by atoms with Gasteiger partial charge in [-0.15, -0.1) is 0 Å². The van der Waals surface area contributed by atoms with E-state index in [-0.39, 0.29) is 6.61 Å². The zero-order chi connectivity index (χ0) is 24.4. The van der Waals surface area contributed by atoms with E-state index in [9.17, 15) is 20.4 Å². The number of imidazole rings is 1. The summed E-state index contributed by atoms with van der Waals surface area (Å²) >= 11 is 1.59. The second-order valence-corrected chi connectivity index (χ2v) is 9.19. The van der Waals surface area contributed by atoms with Gasteiger partial charge in [0.05, 0.1) is 19.5 Å². The second kappa shape index (κ2) is 10.3. The molecule has 4 atom stereocenters. The molecule has 11 heteroatoms. The lowest BCUT2D eigenvalue weighted by Gasteiger charge is -2.16. The van der Waals surface area contributed by atoms with Gasteiger partial charge >= 0.3 is 0 Å². The molecule has 3 heterocycles. The number of aliphatic hydroxyl groups is 4. The number of nitrogens with zero attached hydrogens (tertiary/aromatic N) is 4. The summed E-state index contributed by atoms with van der Waals surface area (Å²) in [5, 5.41) is 42.8. The smallest absolute Gasteiger partial charge is 0.167 e. The molecular formula is C24H25N5O5S. The number of ether oxygens (including phenoxy) is 1. The summed E-state index contributed by atoms with van der Waals surface area (Å²) in [7, 11) is 0. The molecule has 35 heavy (non-hydrogen) atoms. The molecule has 10 nitrogen and oxygen atoms in total. The first kappa shape index (κ1) is 23.7. The molecule has 1 unspecified atom stereocenters. The molecular weight excluding hydrogens is 470 g/mol. The van der Waals surface area contributed by atoms with Gasteiger partial charge in [-0.05, 0) is 23.3 Å². The number of rotatable bonds is 8. The minimum Gasteiger partial charge on any atom is -0.394 e. The molecule has 1 saturated heterocycles. The van der Waals surface area contributed by atoms with Gasteiger partial charge in [-0.2, -0.15) is 0 Å². The van der Waals surface area contributed by atoms with Crippen LogP contribution in [0.25, 0.3) is 11.2 Å². The Labute approximate surface area is 205 Å². The first-order valence-electron chi connectivity index (χ1n) is 11.1. The monoisotopic (exact) mass is 495 g/mol. The molecule has 0 amide bonds. The van der Waals surface area contributed by atoms with Crippen LogP contribution in [0.5, 0.6) is 0 Å². The number of nitrogens with one attached hydrogen (secondary N) is 1. The maximum atomic E-state index is 10.4. The number of anilines is 1. The maximum Gasteiger partial charge on any atom is 0.167 e. The van der Waals surface area contributed by atoms with Crippen molar-refractivity contribution in [3.8, 4) is 0 Å². The number of hydrogen-bond donors (Lipinski definition) is 5. The van der Waals surface area contributed by atoms with Crippen LogP contribution >= 0.6 is 11.8 Å². The summed E-state index contributed by atoms with van der Waals surface area (Å²) in [5.41, 5.74) is 2.82. The highest BCUT2D eigenvalue weighted by Gasteiger charge is 2.44. The predicted molar refractivity (Wildman–Crippen MR) is 129 cm³/mol. The van der Waals surface area contributed by atoms with Gasteiger partial charge in [0.25, 0.3) is 0 Å². The van der Waals surface area contributed by atoms with Crippen LogP contribution in [0.3, 0.4) is 0 Å². The van der Waals surface area contributed by atoms with Crippen molar-refractivity contribution in [2.45, 2.75) is 47.5 Å². The third-order valence-electron chi connectivity index (χ3n) is 5.93. The van der Waals surface area contributed by atoms with Crippen molar-refractivity contribution >= 4 is 28.7 Å². The van der Waals surface area contributed by atoms with E-state index in [1.165, 1.54) is 17.2 Å². The largest absolute Gasteiger partial charge is 0.394 e. The molecule has 5 N–H and O–H groups in total. The van der Waals surface area contributed by atoms with E-state index in [1.807, 2.05) is 48.5 Å². The molecule has 0 spiro atoms. The Morgan fingerprint density at radius 3 is 2.34 bits per heavy atom. The number of fused-ring (bicyclic) bond motifs is 1. The fourth-order valence-corrected chi connectivity index (χ4v) is 5.12. The van der Waals surface area contributed by atoms with E-state index in [1.54, 1.807) is 11.8 Å². The minimum absolute atomic E-state index is 0.0271. The van der Waals surface area contributed by atoms with E-state index >= 15 is 0 Å². The topological polar surface area (TPSA) is 146 Å². The van der Waals surface area contributed by atoms with E-state index in [0.717, 1.165) is 20.9 Å². The van der Waals surface area contributed by atoms with E-state index in [2.05, 4.69) is 20.3 Å². The van der Waals surface area contributed by atoms with Crippen LogP contribution in [-0.2, 0) is 17.9 Å². The molecule has 0 saturated carbocycles. The van der Waals surface area contributed by atoms with Crippen LogP contribution in [0.2, 0.25) is 0 Å². The summed E-state index contributed by atoms with van der Waals surface area (Å²) in [6.07, 6.45) is -1.41. The summed E-state index contributed by atoms with van der Waals surface area (Å²) in [4.78, 5) is 15.1. The van der Waals surface area contributed by atoms with E-state index in [0.29, 0.717) is 23.5 Å². The molecule has 2 aromatic heterocycles. The Bertz CT molecular complexity index is 1320. The Balaban J connectivity index is 1.38. The van der Waals surface area contributed by atoms with Crippen molar-refractivity contribution in [2.24, 2.45) is 0 Å². The van der Waals surface area contributed by atoms with Crippen LogP contribution < -0.4 is 5.32 Å². The number of hydrogen-bond acceptors (Lipinski definition) is 10. The molecule has 1 aliphatic rings. The molecule has 0 bridgehead atoms. The fraction of sp³-hybridized carbons (Fsp3) is 0.292. The van der Waals surface area contributed by atoms with Crippen molar-refractivity contribution in [1.29, 1.82) is 0 Å². The van der Waals surface area contributed by atoms with Gasteiger partial charge in [-0.3, -0.25) is 4.57 Å². The Morgan fingerprint density at radius 1 is 0.914 bits per heavy atom. The number of aliphatic hydroxyl groups excluding tert-OH is 4.